The van der Waals surface area contributed by atoms with E-state index in [1.165, 1.54) is 17.3 Å². The monoisotopic (exact) mass is 380 g/mol. The molecule has 3 rings (SSSR count). The molecule has 1 amide bonds. The minimum absolute atomic E-state index is 0.0289. The lowest BCUT2D eigenvalue weighted by Gasteiger charge is -2.19. The Balaban J connectivity index is 1.62. The molecule has 0 radical (unpaired) electrons. The number of amides is 1. The summed E-state index contributed by atoms with van der Waals surface area (Å²) in [7, 11) is 0. The van der Waals surface area contributed by atoms with E-state index in [0.29, 0.717) is 16.7 Å². The summed E-state index contributed by atoms with van der Waals surface area (Å²) < 4.78 is 0. The van der Waals surface area contributed by atoms with Crippen LogP contribution in [0.25, 0.3) is 0 Å². The van der Waals surface area contributed by atoms with Gasteiger partial charge in [0.25, 0.3) is 0 Å². The molecule has 1 aliphatic rings. The maximum Gasteiger partial charge on any atom is 0.243 e. The number of phenolic OH excluding ortho intramolecular Hbond substituents is 2. The number of aryl methyl sites for hydroxylation is 1. The fourth-order valence-electron chi connectivity index (χ4n) is 3.39. The van der Waals surface area contributed by atoms with Crippen LogP contribution in [0.5, 0.6) is 11.5 Å². The standard InChI is InChI=1S/C23H28N2O3/c1-13-10-20(26)14(2)21(27)19(13)12-24-25-22(28)18-11-17(18)15-6-8-16(9-7-15)23(3,4)5/h6-10,12,17-18,26-27H,11H2,1-5H3,(H,25,28)/b24-12+/t17-,18+/m1/s1. The van der Waals surface area contributed by atoms with Gasteiger partial charge in [0.2, 0.25) is 5.91 Å². The third kappa shape index (κ3) is 4.03. The molecule has 0 spiro atoms. The molecule has 0 heterocycles. The molecule has 3 N–H and O–H groups in total. The van der Waals surface area contributed by atoms with E-state index in [4.69, 9.17) is 0 Å². The second kappa shape index (κ2) is 7.30. The van der Waals surface area contributed by atoms with Crippen LogP contribution in [0.1, 0.15) is 60.9 Å². The van der Waals surface area contributed by atoms with Crippen LogP contribution >= 0.6 is 0 Å². The molecule has 0 aromatic heterocycles. The summed E-state index contributed by atoms with van der Waals surface area (Å²) in [4.78, 5) is 12.4. The SMILES string of the molecule is Cc1cc(O)c(C)c(O)c1/C=N/NC(=O)[C@H]1C[C@@H]1c1ccc(C(C)(C)C)cc1. The molecule has 5 heteroatoms. The molecule has 0 bridgehead atoms. The van der Waals surface area contributed by atoms with Crippen molar-refractivity contribution >= 4 is 12.1 Å². The third-order valence-corrected chi connectivity index (χ3v) is 5.47. The Hall–Kier alpha value is -2.82. The lowest BCUT2D eigenvalue weighted by atomic mass is 9.86. The predicted octanol–water partition coefficient (Wildman–Crippen LogP) is 4.27. The minimum atomic E-state index is -0.117. The van der Waals surface area contributed by atoms with Crippen LogP contribution in [0, 0.1) is 19.8 Å². The maximum absolute atomic E-state index is 12.4. The zero-order valence-electron chi connectivity index (χ0n) is 17.1. The van der Waals surface area contributed by atoms with Crippen molar-refractivity contribution in [1.82, 2.24) is 5.43 Å². The second-order valence-corrected chi connectivity index (χ2v) is 8.65. The van der Waals surface area contributed by atoms with Crippen molar-refractivity contribution in [1.29, 1.82) is 0 Å². The first kappa shape index (κ1) is 19.9. The topological polar surface area (TPSA) is 81.9 Å². The average Bonchev–Trinajstić information content (AvgIpc) is 3.43. The minimum Gasteiger partial charge on any atom is -0.508 e. The van der Waals surface area contributed by atoms with E-state index >= 15 is 0 Å². The zero-order chi connectivity index (χ0) is 20.6. The Bertz CT molecular complexity index is 924. The first-order chi connectivity index (χ1) is 13.1. The Morgan fingerprint density at radius 3 is 2.43 bits per heavy atom. The summed E-state index contributed by atoms with van der Waals surface area (Å²) in [6.45, 7) is 9.94. The highest BCUT2D eigenvalue weighted by Gasteiger charge is 2.44. The lowest BCUT2D eigenvalue weighted by molar-refractivity contribution is -0.122. The van der Waals surface area contributed by atoms with Gasteiger partial charge >= 0.3 is 0 Å². The summed E-state index contributed by atoms with van der Waals surface area (Å²) in [5.41, 5.74) is 6.71. The Morgan fingerprint density at radius 2 is 1.82 bits per heavy atom. The Kier molecular flexibility index (Phi) is 5.20. The highest BCUT2D eigenvalue weighted by atomic mass is 16.3. The maximum atomic E-state index is 12.4. The van der Waals surface area contributed by atoms with Gasteiger partial charge in [0.15, 0.2) is 0 Å². The van der Waals surface area contributed by atoms with Crippen molar-refractivity contribution in [2.45, 2.75) is 52.4 Å². The van der Waals surface area contributed by atoms with E-state index in [9.17, 15) is 15.0 Å². The van der Waals surface area contributed by atoms with Gasteiger partial charge in [-0.15, -0.1) is 0 Å². The van der Waals surface area contributed by atoms with E-state index < -0.39 is 0 Å². The lowest BCUT2D eigenvalue weighted by Crippen LogP contribution is -2.20. The van der Waals surface area contributed by atoms with Crippen LogP contribution in [0.15, 0.2) is 35.4 Å². The van der Waals surface area contributed by atoms with Crippen LogP contribution in [-0.4, -0.2) is 22.3 Å². The molecule has 2 aromatic rings. The van der Waals surface area contributed by atoms with Crippen molar-refractivity contribution in [3.63, 3.8) is 0 Å². The van der Waals surface area contributed by atoms with Crippen molar-refractivity contribution in [3.05, 3.63) is 58.1 Å². The summed E-state index contributed by atoms with van der Waals surface area (Å²) in [5.74, 6) is 0.0474. The van der Waals surface area contributed by atoms with Crippen LogP contribution in [-0.2, 0) is 10.2 Å². The van der Waals surface area contributed by atoms with Gasteiger partial charge in [-0.3, -0.25) is 4.79 Å². The summed E-state index contributed by atoms with van der Waals surface area (Å²) in [5, 5.41) is 23.9. The molecular formula is C23H28N2O3. The number of rotatable bonds is 4. The van der Waals surface area contributed by atoms with Gasteiger partial charge in [0.1, 0.15) is 11.5 Å². The van der Waals surface area contributed by atoms with Gasteiger partial charge in [0.05, 0.1) is 6.21 Å². The molecule has 0 saturated heterocycles. The summed E-state index contributed by atoms with van der Waals surface area (Å²) >= 11 is 0. The number of hydrogen-bond acceptors (Lipinski definition) is 4. The predicted molar refractivity (Wildman–Crippen MR) is 111 cm³/mol. The van der Waals surface area contributed by atoms with E-state index in [1.807, 2.05) is 0 Å². The number of hydrazone groups is 1. The first-order valence-corrected chi connectivity index (χ1v) is 9.55. The quantitative estimate of drug-likeness (QED) is 0.547. The number of hydrogen-bond donors (Lipinski definition) is 3. The van der Waals surface area contributed by atoms with Crippen LogP contribution in [0.4, 0.5) is 0 Å². The molecule has 5 nitrogen and oxygen atoms in total. The molecule has 0 unspecified atom stereocenters. The molecule has 2 aromatic carbocycles. The van der Waals surface area contributed by atoms with Crippen molar-refractivity contribution in [2.75, 3.05) is 0 Å². The van der Waals surface area contributed by atoms with Crippen molar-refractivity contribution in [3.8, 4) is 11.5 Å². The number of benzene rings is 2. The molecule has 1 saturated carbocycles. The van der Waals surface area contributed by atoms with Crippen LogP contribution in [0.2, 0.25) is 0 Å². The highest BCUT2D eigenvalue weighted by Crippen LogP contribution is 2.47. The molecule has 0 aliphatic heterocycles. The van der Waals surface area contributed by atoms with Gasteiger partial charge < -0.3 is 10.2 Å². The van der Waals surface area contributed by atoms with Crippen LogP contribution in [0.3, 0.4) is 0 Å². The first-order valence-electron chi connectivity index (χ1n) is 9.55. The molecule has 148 valence electrons. The Labute approximate surface area is 166 Å². The van der Waals surface area contributed by atoms with E-state index in [2.05, 4.69) is 55.6 Å². The average molecular weight is 380 g/mol. The number of nitrogens with one attached hydrogen (secondary N) is 1. The number of carbonyl (C=O) groups excluding carboxylic acids is 1. The van der Waals surface area contributed by atoms with Crippen molar-refractivity contribution < 1.29 is 15.0 Å². The van der Waals surface area contributed by atoms with E-state index in [1.54, 1.807) is 19.9 Å². The number of carbonyl (C=O) groups is 1. The van der Waals surface area contributed by atoms with Gasteiger partial charge in [-0.2, -0.15) is 5.10 Å². The highest BCUT2D eigenvalue weighted by molar-refractivity contribution is 5.89. The fraction of sp³-hybridized carbons (Fsp3) is 0.391. The van der Waals surface area contributed by atoms with Gasteiger partial charge in [-0.1, -0.05) is 45.0 Å². The Morgan fingerprint density at radius 1 is 1.18 bits per heavy atom. The van der Waals surface area contributed by atoms with Crippen molar-refractivity contribution in [2.24, 2.45) is 11.0 Å². The third-order valence-electron chi connectivity index (χ3n) is 5.47. The van der Waals surface area contributed by atoms with E-state index in [-0.39, 0.29) is 34.7 Å². The zero-order valence-corrected chi connectivity index (χ0v) is 17.1. The summed E-state index contributed by atoms with van der Waals surface area (Å²) in [6, 6.07) is 10.1. The van der Waals surface area contributed by atoms with Crippen LogP contribution < -0.4 is 5.43 Å². The molecule has 1 fully saturated rings. The molecular weight excluding hydrogens is 352 g/mol. The number of aromatic hydroxyl groups is 2. The number of phenols is 2. The van der Waals surface area contributed by atoms with Gasteiger partial charge in [-0.25, -0.2) is 5.43 Å². The molecule has 1 aliphatic carbocycles. The number of nitrogens with zero attached hydrogens (tertiary/aromatic N) is 1. The fourth-order valence-corrected chi connectivity index (χ4v) is 3.39. The van der Waals surface area contributed by atoms with E-state index in [0.717, 1.165) is 6.42 Å². The smallest absolute Gasteiger partial charge is 0.243 e. The second-order valence-electron chi connectivity index (χ2n) is 8.65. The molecule has 2 atom stereocenters. The molecule has 28 heavy (non-hydrogen) atoms. The summed E-state index contributed by atoms with van der Waals surface area (Å²) in [6.07, 6.45) is 2.24. The van der Waals surface area contributed by atoms with Gasteiger partial charge in [0, 0.05) is 17.0 Å². The van der Waals surface area contributed by atoms with Gasteiger partial charge in [-0.05, 0) is 54.4 Å². The normalized spacial score (nSPS) is 19.0. The largest absolute Gasteiger partial charge is 0.508 e.